The van der Waals surface area contributed by atoms with Crippen LogP contribution >= 0.6 is 24.0 Å². The molecule has 3 aliphatic rings. The first-order valence-electron chi connectivity index (χ1n) is 12.4. The van der Waals surface area contributed by atoms with Crippen LogP contribution in [0.5, 0.6) is 0 Å². The topological polar surface area (TPSA) is 92.8 Å². The van der Waals surface area contributed by atoms with Gasteiger partial charge in [0.05, 0.1) is 11.5 Å². The molecule has 1 amide bonds. The van der Waals surface area contributed by atoms with Crippen molar-refractivity contribution in [1.29, 1.82) is 5.26 Å². The standard InChI is InChI=1S/C25H33N5O3S2/c1-3-29-22(28-11-9-27(10-12-28)13-14-31)19(17(2)20(16-26)23(29)32)15-21-24(33)30(25(34)35-21)18-7-5-4-6-8-18/h15,18,31H,3-14H2,1-2H3/b21-15-. The fraction of sp³-hybridized carbons (Fsp3) is 0.600. The van der Waals surface area contributed by atoms with Gasteiger partial charge < -0.3 is 10.0 Å². The molecule has 1 N–H and O–H groups in total. The highest BCUT2D eigenvalue weighted by Gasteiger charge is 2.38. The van der Waals surface area contributed by atoms with Crippen LogP contribution in [0.2, 0.25) is 0 Å². The number of thioether (sulfide) groups is 1. The van der Waals surface area contributed by atoms with Crippen molar-refractivity contribution in [2.75, 3.05) is 44.2 Å². The first-order valence-corrected chi connectivity index (χ1v) is 13.7. The molecule has 0 spiro atoms. The third-order valence-corrected chi connectivity index (χ3v) is 8.62. The predicted molar refractivity (Wildman–Crippen MR) is 143 cm³/mol. The summed E-state index contributed by atoms with van der Waals surface area (Å²) in [6, 6.07) is 2.25. The van der Waals surface area contributed by atoms with Crippen molar-refractivity contribution < 1.29 is 9.90 Å². The minimum absolute atomic E-state index is 0.0715. The van der Waals surface area contributed by atoms with E-state index in [4.69, 9.17) is 12.2 Å². The Kier molecular flexibility index (Phi) is 8.32. The van der Waals surface area contributed by atoms with E-state index in [2.05, 4.69) is 15.9 Å². The van der Waals surface area contributed by atoms with Gasteiger partial charge in [-0.1, -0.05) is 43.2 Å². The SMILES string of the molecule is CCn1c(N2CCN(CCO)CC2)c(/C=C2\SC(=S)N(C3CCCCC3)C2=O)c(C)c(C#N)c1=O. The summed E-state index contributed by atoms with van der Waals surface area (Å²) in [5.74, 6) is 0.679. The van der Waals surface area contributed by atoms with Gasteiger partial charge in [0.1, 0.15) is 21.8 Å². The molecular formula is C25H33N5O3S2. The highest BCUT2D eigenvalue weighted by molar-refractivity contribution is 8.26. The number of pyridine rings is 1. The highest BCUT2D eigenvalue weighted by atomic mass is 32.2. The maximum Gasteiger partial charge on any atom is 0.270 e. The molecule has 1 aliphatic carbocycles. The zero-order valence-corrected chi connectivity index (χ0v) is 22.1. The van der Waals surface area contributed by atoms with Crippen molar-refractivity contribution in [2.24, 2.45) is 0 Å². The lowest BCUT2D eigenvalue weighted by Crippen LogP contribution is -2.49. The molecule has 3 heterocycles. The number of hydrogen-bond donors (Lipinski definition) is 1. The van der Waals surface area contributed by atoms with Crippen LogP contribution in [0.25, 0.3) is 6.08 Å². The molecule has 2 saturated heterocycles. The number of thiocarbonyl (C=S) groups is 1. The third kappa shape index (κ3) is 5.05. The summed E-state index contributed by atoms with van der Waals surface area (Å²) in [5.41, 5.74) is 1.15. The third-order valence-electron chi connectivity index (χ3n) is 7.29. The summed E-state index contributed by atoms with van der Waals surface area (Å²) in [5, 5.41) is 19.1. The number of aliphatic hydroxyl groups excluding tert-OH is 1. The van der Waals surface area contributed by atoms with E-state index >= 15 is 0 Å². The van der Waals surface area contributed by atoms with Gasteiger partial charge in [0.15, 0.2) is 0 Å². The average molecular weight is 516 g/mol. The van der Waals surface area contributed by atoms with Crippen LogP contribution in [0, 0.1) is 18.3 Å². The first kappa shape index (κ1) is 25.9. The number of hydrogen-bond acceptors (Lipinski definition) is 8. The van der Waals surface area contributed by atoms with Crippen molar-refractivity contribution in [2.45, 2.75) is 58.5 Å². The summed E-state index contributed by atoms with van der Waals surface area (Å²) in [6.45, 7) is 7.75. The second kappa shape index (κ2) is 11.2. The van der Waals surface area contributed by atoms with Crippen molar-refractivity contribution in [1.82, 2.24) is 14.4 Å². The van der Waals surface area contributed by atoms with Gasteiger partial charge in [-0.3, -0.25) is 24.0 Å². The largest absolute Gasteiger partial charge is 0.395 e. The molecule has 0 unspecified atom stereocenters. The molecule has 0 aromatic carbocycles. The molecule has 0 atom stereocenters. The van der Waals surface area contributed by atoms with Crippen LogP contribution in [-0.2, 0) is 11.3 Å². The van der Waals surface area contributed by atoms with E-state index in [0.29, 0.717) is 41.0 Å². The smallest absolute Gasteiger partial charge is 0.270 e. The van der Waals surface area contributed by atoms with E-state index in [9.17, 15) is 20.0 Å². The predicted octanol–water partition coefficient (Wildman–Crippen LogP) is 2.70. The number of anilines is 1. The molecule has 10 heteroatoms. The second-order valence-corrected chi connectivity index (χ2v) is 11.0. The monoisotopic (exact) mass is 515 g/mol. The maximum absolute atomic E-state index is 13.5. The van der Waals surface area contributed by atoms with Gasteiger partial charge in [-0.25, -0.2) is 0 Å². The zero-order chi connectivity index (χ0) is 25.1. The van der Waals surface area contributed by atoms with Crippen LogP contribution in [0.15, 0.2) is 9.70 Å². The Labute approximate surface area is 216 Å². The van der Waals surface area contributed by atoms with Crippen LogP contribution < -0.4 is 10.5 Å². The number of aliphatic hydroxyl groups is 1. The lowest BCUT2D eigenvalue weighted by Gasteiger charge is -2.38. The molecule has 188 valence electrons. The average Bonchev–Trinajstić information content (AvgIpc) is 3.14. The Morgan fingerprint density at radius 3 is 2.46 bits per heavy atom. The molecule has 0 radical (unpaired) electrons. The fourth-order valence-electron chi connectivity index (χ4n) is 5.37. The number of piperazine rings is 1. The molecular weight excluding hydrogens is 482 g/mol. The van der Waals surface area contributed by atoms with Gasteiger partial charge in [-0.05, 0) is 38.3 Å². The number of carbonyl (C=O) groups excluding carboxylic acids is 1. The molecule has 2 aliphatic heterocycles. The molecule has 4 rings (SSSR count). The lowest BCUT2D eigenvalue weighted by molar-refractivity contribution is -0.124. The van der Waals surface area contributed by atoms with E-state index in [1.54, 1.807) is 16.4 Å². The van der Waals surface area contributed by atoms with E-state index in [-0.39, 0.29) is 29.7 Å². The quantitative estimate of drug-likeness (QED) is 0.457. The summed E-state index contributed by atoms with van der Waals surface area (Å²) in [7, 11) is 0. The van der Waals surface area contributed by atoms with Crippen molar-refractivity contribution in [3.8, 4) is 6.07 Å². The molecule has 0 bridgehead atoms. The highest BCUT2D eigenvalue weighted by Crippen LogP contribution is 2.39. The van der Waals surface area contributed by atoms with E-state index in [0.717, 1.165) is 50.2 Å². The Bertz CT molecular complexity index is 1130. The maximum atomic E-state index is 13.5. The molecule has 8 nitrogen and oxygen atoms in total. The van der Waals surface area contributed by atoms with Crippen molar-refractivity contribution in [3.63, 3.8) is 0 Å². The van der Waals surface area contributed by atoms with E-state index < -0.39 is 0 Å². The molecule has 1 saturated carbocycles. The number of carbonyl (C=O) groups is 1. The molecule has 1 aromatic heterocycles. The minimum Gasteiger partial charge on any atom is -0.395 e. The van der Waals surface area contributed by atoms with Crippen LogP contribution in [0.1, 0.15) is 55.7 Å². The van der Waals surface area contributed by atoms with Gasteiger partial charge in [0.25, 0.3) is 11.5 Å². The molecule has 1 aromatic rings. The Hall–Kier alpha value is -2.19. The number of β-amino-alcohol motifs (C(OH)–C–C–N with tert-alkyl or cyclic N) is 1. The fourth-order valence-corrected chi connectivity index (χ4v) is 6.75. The zero-order valence-electron chi connectivity index (χ0n) is 20.5. The summed E-state index contributed by atoms with van der Waals surface area (Å²) < 4.78 is 2.25. The van der Waals surface area contributed by atoms with Crippen LogP contribution in [0.3, 0.4) is 0 Å². The van der Waals surface area contributed by atoms with Crippen LogP contribution in [0.4, 0.5) is 5.82 Å². The lowest BCUT2D eigenvalue weighted by atomic mass is 9.94. The Balaban J connectivity index is 1.77. The summed E-state index contributed by atoms with van der Waals surface area (Å²) in [6.07, 6.45) is 7.21. The van der Waals surface area contributed by atoms with Gasteiger partial charge in [0.2, 0.25) is 0 Å². The molecule has 3 fully saturated rings. The van der Waals surface area contributed by atoms with E-state index in [1.165, 1.54) is 18.2 Å². The van der Waals surface area contributed by atoms with E-state index in [1.807, 2.05) is 13.0 Å². The Morgan fingerprint density at radius 1 is 1.17 bits per heavy atom. The number of aromatic nitrogens is 1. The van der Waals surface area contributed by atoms with Gasteiger partial charge in [-0.2, -0.15) is 5.26 Å². The number of nitriles is 1. The van der Waals surface area contributed by atoms with Gasteiger partial charge >= 0.3 is 0 Å². The number of amides is 1. The van der Waals surface area contributed by atoms with Crippen LogP contribution in [-0.4, -0.2) is 75.1 Å². The second-order valence-electron chi connectivity index (χ2n) is 9.29. The van der Waals surface area contributed by atoms with Gasteiger partial charge in [0, 0.05) is 50.9 Å². The number of rotatable bonds is 6. The summed E-state index contributed by atoms with van der Waals surface area (Å²) in [4.78, 5) is 33.4. The normalized spacial score (nSPS) is 21.3. The van der Waals surface area contributed by atoms with Crippen molar-refractivity contribution >= 4 is 46.1 Å². The number of nitrogens with zero attached hydrogens (tertiary/aromatic N) is 5. The Morgan fingerprint density at radius 2 is 1.86 bits per heavy atom. The minimum atomic E-state index is -0.299. The van der Waals surface area contributed by atoms with Crippen molar-refractivity contribution in [3.05, 3.63) is 31.9 Å². The van der Waals surface area contributed by atoms with Gasteiger partial charge in [-0.15, -0.1) is 0 Å². The summed E-state index contributed by atoms with van der Waals surface area (Å²) >= 11 is 6.94. The molecule has 35 heavy (non-hydrogen) atoms. The first-order chi connectivity index (χ1) is 16.9.